The highest BCUT2D eigenvalue weighted by molar-refractivity contribution is 5.74. The summed E-state index contributed by atoms with van der Waals surface area (Å²) >= 11 is 0. The quantitative estimate of drug-likeness (QED) is 0.732. The molecule has 5 nitrogen and oxygen atoms in total. The van der Waals surface area contributed by atoms with E-state index >= 15 is 0 Å². The normalized spacial score (nSPS) is 30.2. The minimum absolute atomic E-state index is 0.0900. The molecule has 0 heterocycles. The third-order valence-corrected chi connectivity index (χ3v) is 4.93. The molecule has 0 aromatic heterocycles. The van der Waals surface area contributed by atoms with Crippen molar-refractivity contribution >= 4 is 11.9 Å². The minimum atomic E-state index is -0.759. The molecule has 1 aliphatic rings. The molecule has 1 amide bonds. The van der Waals surface area contributed by atoms with Crippen molar-refractivity contribution in [1.82, 2.24) is 5.32 Å². The first-order valence-electron chi connectivity index (χ1n) is 7.90. The summed E-state index contributed by atoms with van der Waals surface area (Å²) in [6.45, 7) is 7.72. The van der Waals surface area contributed by atoms with Gasteiger partial charge in [-0.2, -0.15) is 0 Å². The second-order valence-electron chi connectivity index (χ2n) is 6.21. The molecule has 5 atom stereocenters. The molecule has 1 fully saturated rings. The number of amides is 1. The Morgan fingerprint density at radius 2 is 1.90 bits per heavy atom. The Hall–Kier alpha value is -1.10. The molecule has 0 unspecified atom stereocenters. The third kappa shape index (κ3) is 3.96. The number of nitrogens with one attached hydrogen (secondary N) is 1. The van der Waals surface area contributed by atoms with Crippen molar-refractivity contribution in [2.24, 2.45) is 23.7 Å². The van der Waals surface area contributed by atoms with Gasteiger partial charge in [0.2, 0.25) is 5.91 Å². The molecule has 1 saturated carbocycles. The van der Waals surface area contributed by atoms with Gasteiger partial charge in [-0.3, -0.25) is 9.59 Å². The largest absolute Gasteiger partial charge is 0.469 e. The Morgan fingerprint density at radius 3 is 2.33 bits per heavy atom. The SMILES string of the molecule is CCC(CC)[C@H](NC(C)=O)[C@@H]1[C@H](O)[C@@H](C(=O)OC)C[C@H]1C. The lowest BCUT2D eigenvalue weighted by atomic mass is 9.79. The van der Waals surface area contributed by atoms with Crippen molar-refractivity contribution < 1.29 is 19.4 Å². The molecule has 21 heavy (non-hydrogen) atoms. The molecule has 122 valence electrons. The number of carbonyl (C=O) groups is 2. The van der Waals surface area contributed by atoms with Crippen LogP contribution in [0.3, 0.4) is 0 Å². The van der Waals surface area contributed by atoms with Crippen LogP contribution < -0.4 is 5.32 Å². The smallest absolute Gasteiger partial charge is 0.311 e. The van der Waals surface area contributed by atoms with Gasteiger partial charge < -0.3 is 15.2 Å². The molecule has 1 aliphatic carbocycles. The Kier molecular flexibility index (Phi) is 6.65. The zero-order valence-corrected chi connectivity index (χ0v) is 13.8. The maximum atomic E-state index is 11.8. The molecular formula is C16H29NO4. The number of aliphatic hydroxyl groups is 1. The standard InChI is InChI=1S/C16H29NO4/c1-6-11(7-2)14(17-10(4)18)13-9(3)8-12(15(13)19)16(20)21-5/h9,11-15,19H,6-8H2,1-5H3,(H,17,18)/t9-,12+,13-,14+,15-/m1/s1. The van der Waals surface area contributed by atoms with E-state index in [4.69, 9.17) is 4.74 Å². The first-order chi connectivity index (χ1) is 9.87. The van der Waals surface area contributed by atoms with Gasteiger partial charge in [0.1, 0.15) is 0 Å². The molecule has 5 heteroatoms. The molecule has 2 N–H and O–H groups in total. The molecule has 0 radical (unpaired) electrons. The van der Waals surface area contributed by atoms with Gasteiger partial charge in [0.15, 0.2) is 0 Å². The highest BCUT2D eigenvalue weighted by atomic mass is 16.5. The van der Waals surface area contributed by atoms with E-state index in [1.165, 1.54) is 14.0 Å². The van der Waals surface area contributed by atoms with E-state index in [0.29, 0.717) is 12.3 Å². The van der Waals surface area contributed by atoms with Crippen molar-refractivity contribution in [3.05, 3.63) is 0 Å². The molecule has 0 aromatic carbocycles. The summed E-state index contributed by atoms with van der Waals surface area (Å²) in [6.07, 6.45) is 1.71. The Labute approximate surface area is 127 Å². The van der Waals surface area contributed by atoms with Crippen LogP contribution in [0, 0.1) is 23.7 Å². The van der Waals surface area contributed by atoms with Crippen molar-refractivity contribution in [1.29, 1.82) is 0 Å². The van der Waals surface area contributed by atoms with E-state index in [1.54, 1.807) is 0 Å². The van der Waals surface area contributed by atoms with E-state index in [2.05, 4.69) is 19.2 Å². The van der Waals surface area contributed by atoms with E-state index in [9.17, 15) is 14.7 Å². The summed E-state index contributed by atoms with van der Waals surface area (Å²) in [5.41, 5.74) is 0. The predicted octanol–water partition coefficient (Wildman–Crippen LogP) is 1.73. The third-order valence-electron chi connectivity index (χ3n) is 4.93. The van der Waals surface area contributed by atoms with Crippen molar-refractivity contribution in [3.8, 4) is 0 Å². The molecule has 0 bridgehead atoms. The Morgan fingerprint density at radius 1 is 1.33 bits per heavy atom. The summed E-state index contributed by atoms with van der Waals surface area (Å²) in [6, 6.07) is -0.0999. The number of hydrogen-bond donors (Lipinski definition) is 2. The molecule has 0 aliphatic heterocycles. The van der Waals surface area contributed by atoms with E-state index in [0.717, 1.165) is 12.8 Å². The average molecular weight is 299 g/mol. The van der Waals surface area contributed by atoms with Gasteiger partial charge in [-0.05, 0) is 18.3 Å². The fourth-order valence-electron chi connectivity index (χ4n) is 3.81. The number of methoxy groups -OCH3 is 1. The summed E-state index contributed by atoms with van der Waals surface area (Å²) in [7, 11) is 1.35. The Balaban J connectivity index is 3.00. The number of rotatable bonds is 6. The van der Waals surface area contributed by atoms with Gasteiger partial charge in [0, 0.05) is 18.9 Å². The molecule has 0 spiro atoms. The fourth-order valence-corrected chi connectivity index (χ4v) is 3.81. The van der Waals surface area contributed by atoms with E-state index < -0.39 is 12.0 Å². The van der Waals surface area contributed by atoms with Crippen molar-refractivity contribution in [2.45, 2.75) is 59.1 Å². The van der Waals surface area contributed by atoms with Gasteiger partial charge in [-0.25, -0.2) is 0 Å². The summed E-state index contributed by atoms with van der Waals surface area (Å²) in [5, 5.41) is 13.6. The highest BCUT2D eigenvalue weighted by Crippen LogP contribution is 2.41. The molecular weight excluding hydrogens is 270 g/mol. The van der Waals surface area contributed by atoms with Crippen LogP contribution >= 0.6 is 0 Å². The van der Waals surface area contributed by atoms with Crippen LogP contribution in [0.5, 0.6) is 0 Å². The van der Waals surface area contributed by atoms with Gasteiger partial charge in [0.25, 0.3) is 0 Å². The lowest BCUT2D eigenvalue weighted by Gasteiger charge is -2.35. The summed E-state index contributed by atoms with van der Waals surface area (Å²) in [5.74, 6) is -0.576. The number of aliphatic hydroxyl groups excluding tert-OH is 1. The Bertz CT molecular complexity index is 367. The van der Waals surface area contributed by atoms with Gasteiger partial charge in [0.05, 0.1) is 19.1 Å². The van der Waals surface area contributed by atoms with Crippen molar-refractivity contribution in [3.63, 3.8) is 0 Å². The maximum absolute atomic E-state index is 11.8. The second-order valence-corrected chi connectivity index (χ2v) is 6.21. The zero-order chi connectivity index (χ0) is 16.2. The van der Waals surface area contributed by atoms with Crippen LogP contribution in [-0.2, 0) is 14.3 Å². The maximum Gasteiger partial charge on any atom is 0.311 e. The monoisotopic (exact) mass is 299 g/mol. The summed E-state index contributed by atoms with van der Waals surface area (Å²) < 4.78 is 4.79. The number of ether oxygens (including phenoxy) is 1. The van der Waals surface area contributed by atoms with Crippen LogP contribution in [0.15, 0.2) is 0 Å². The summed E-state index contributed by atoms with van der Waals surface area (Å²) in [4.78, 5) is 23.3. The number of hydrogen-bond acceptors (Lipinski definition) is 4. The van der Waals surface area contributed by atoms with Gasteiger partial charge in [-0.15, -0.1) is 0 Å². The fraction of sp³-hybridized carbons (Fsp3) is 0.875. The second kappa shape index (κ2) is 7.78. The lowest BCUT2D eigenvalue weighted by Crippen LogP contribution is -2.49. The molecule has 1 rings (SSSR count). The molecule has 0 saturated heterocycles. The van der Waals surface area contributed by atoms with Crippen LogP contribution in [0.2, 0.25) is 0 Å². The average Bonchev–Trinajstić information content (AvgIpc) is 2.73. The van der Waals surface area contributed by atoms with E-state index in [-0.39, 0.29) is 29.8 Å². The van der Waals surface area contributed by atoms with Gasteiger partial charge in [-0.1, -0.05) is 33.6 Å². The number of carbonyl (C=O) groups excluding carboxylic acids is 2. The van der Waals surface area contributed by atoms with Crippen molar-refractivity contribution in [2.75, 3.05) is 7.11 Å². The first kappa shape index (κ1) is 18.0. The van der Waals surface area contributed by atoms with Gasteiger partial charge >= 0.3 is 5.97 Å². The van der Waals surface area contributed by atoms with Crippen LogP contribution in [0.4, 0.5) is 0 Å². The topological polar surface area (TPSA) is 75.6 Å². The molecule has 0 aromatic rings. The van der Waals surface area contributed by atoms with Crippen LogP contribution in [0.25, 0.3) is 0 Å². The first-order valence-corrected chi connectivity index (χ1v) is 7.90. The van der Waals surface area contributed by atoms with E-state index in [1.807, 2.05) is 6.92 Å². The predicted molar refractivity (Wildman–Crippen MR) is 80.5 cm³/mol. The van der Waals surface area contributed by atoms with Crippen LogP contribution in [-0.4, -0.2) is 36.2 Å². The van der Waals surface area contributed by atoms with Crippen LogP contribution in [0.1, 0.15) is 47.0 Å². The highest BCUT2D eigenvalue weighted by Gasteiger charge is 2.49. The minimum Gasteiger partial charge on any atom is -0.469 e. The number of esters is 1. The lowest BCUT2D eigenvalue weighted by molar-refractivity contribution is -0.149. The zero-order valence-electron chi connectivity index (χ0n) is 13.8.